The van der Waals surface area contributed by atoms with Gasteiger partial charge in [-0.3, -0.25) is 4.79 Å². The molecule has 0 saturated carbocycles. The zero-order chi connectivity index (χ0) is 15.2. The van der Waals surface area contributed by atoms with E-state index in [1.807, 2.05) is 48.7 Å². The van der Waals surface area contributed by atoms with Crippen LogP contribution in [-0.2, 0) is 4.79 Å². The number of rotatable bonds is 5. The average Bonchev–Trinajstić information content (AvgIpc) is 2.47. The SMILES string of the molecule is CSc1ccccc1NC(=O)CSc1ccc(N)cc1Br. The number of halogens is 1. The summed E-state index contributed by atoms with van der Waals surface area (Å²) in [6.45, 7) is 0. The minimum atomic E-state index is -0.0229. The number of nitrogens with one attached hydrogen (secondary N) is 1. The largest absolute Gasteiger partial charge is 0.399 e. The number of nitrogen functional groups attached to an aromatic ring is 1. The molecule has 0 aliphatic rings. The number of carbonyl (C=O) groups is 1. The van der Waals surface area contributed by atoms with E-state index in [9.17, 15) is 4.79 Å². The molecule has 3 N–H and O–H groups in total. The third-order valence-corrected chi connectivity index (χ3v) is 5.48. The van der Waals surface area contributed by atoms with E-state index in [1.165, 1.54) is 11.8 Å². The molecule has 0 fully saturated rings. The van der Waals surface area contributed by atoms with E-state index in [2.05, 4.69) is 21.2 Å². The van der Waals surface area contributed by atoms with Crippen molar-refractivity contribution in [3.63, 3.8) is 0 Å². The summed E-state index contributed by atoms with van der Waals surface area (Å²) < 4.78 is 0.907. The number of hydrogen-bond donors (Lipinski definition) is 2. The molecule has 0 aliphatic carbocycles. The van der Waals surface area contributed by atoms with Crippen LogP contribution < -0.4 is 11.1 Å². The van der Waals surface area contributed by atoms with Gasteiger partial charge in [0, 0.05) is 20.0 Å². The number of carbonyl (C=O) groups excluding carboxylic acids is 1. The fourth-order valence-corrected chi connectivity index (χ4v) is 3.73. The van der Waals surface area contributed by atoms with E-state index in [-0.39, 0.29) is 5.91 Å². The Morgan fingerprint density at radius 1 is 1.24 bits per heavy atom. The Balaban J connectivity index is 1.96. The molecule has 0 saturated heterocycles. The van der Waals surface area contributed by atoms with Crippen molar-refractivity contribution in [3.8, 4) is 0 Å². The van der Waals surface area contributed by atoms with Gasteiger partial charge in [-0.1, -0.05) is 12.1 Å². The van der Waals surface area contributed by atoms with E-state index >= 15 is 0 Å². The van der Waals surface area contributed by atoms with E-state index in [4.69, 9.17) is 5.73 Å². The lowest BCUT2D eigenvalue weighted by molar-refractivity contribution is -0.113. The number of hydrogen-bond acceptors (Lipinski definition) is 4. The Hall–Kier alpha value is -1.11. The van der Waals surface area contributed by atoms with Crippen LogP contribution in [0.3, 0.4) is 0 Å². The summed E-state index contributed by atoms with van der Waals surface area (Å²) in [4.78, 5) is 14.1. The second-order valence-electron chi connectivity index (χ2n) is 4.23. The van der Waals surface area contributed by atoms with Gasteiger partial charge in [-0.15, -0.1) is 23.5 Å². The summed E-state index contributed by atoms with van der Waals surface area (Å²) in [6, 6.07) is 13.3. The third kappa shape index (κ3) is 4.69. The molecule has 1 amide bonds. The van der Waals surface area contributed by atoms with Crippen LogP contribution in [0.25, 0.3) is 0 Å². The Morgan fingerprint density at radius 2 is 2.00 bits per heavy atom. The van der Waals surface area contributed by atoms with Gasteiger partial charge in [0.2, 0.25) is 5.91 Å². The highest BCUT2D eigenvalue weighted by atomic mass is 79.9. The molecule has 21 heavy (non-hydrogen) atoms. The molecule has 0 bridgehead atoms. The van der Waals surface area contributed by atoms with Crippen LogP contribution >= 0.6 is 39.5 Å². The summed E-state index contributed by atoms with van der Waals surface area (Å²) in [5, 5.41) is 2.94. The van der Waals surface area contributed by atoms with Crippen LogP contribution in [0.5, 0.6) is 0 Å². The number of para-hydroxylation sites is 1. The fourth-order valence-electron chi connectivity index (χ4n) is 1.71. The first-order valence-electron chi connectivity index (χ1n) is 6.21. The summed E-state index contributed by atoms with van der Waals surface area (Å²) >= 11 is 6.54. The number of nitrogens with two attached hydrogens (primary N) is 1. The number of benzene rings is 2. The van der Waals surface area contributed by atoms with E-state index in [1.54, 1.807) is 11.8 Å². The number of amides is 1. The zero-order valence-corrected chi connectivity index (χ0v) is 14.6. The van der Waals surface area contributed by atoms with Crippen LogP contribution in [0.4, 0.5) is 11.4 Å². The lowest BCUT2D eigenvalue weighted by Gasteiger charge is -2.09. The predicted molar refractivity (Wildman–Crippen MR) is 96.1 cm³/mol. The molecule has 0 atom stereocenters. The van der Waals surface area contributed by atoms with Gasteiger partial charge in [0.25, 0.3) is 0 Å². The first-order chi connectivity index (χ1) is 10.1. The maximum Gasteiger partial charge on any atom is 0.234 e. The highest BCUT2D eigenvalue weighted by Gasteiger charge is 2.08. The van der Waals surface area contributed by atoms with Gasteiger partial charge in [0.1, 0.15) is 0 Å². The molecule has 0 heterocycles. The number of anilines is 2. The normalized spacial score (nSPS) is 10.4. The van der Waals surface area contributed by atoms with Gasteiger partial charge in [-0.05, 0) is 52.5 Å². The molecular weight excluding hydrogens is 368 g/mol. The lowest BCUT2D eigenvalue weighted by atomic mass is 10.3. The number of thioether (sulfide) groups is 2. The van der Waals surface area contributed by atoms with Gasteiger partial charge in [0.05, 0.1) is 11.4 Å². The van der Waals surface area contributed by atoms with E-state index in [0.717, 1.165) is 20.0 Å². The third-order valence-electron chi connectivity index (χ3n) is 2.70. The second-order valence-corrected chi connectivity index (χ2v) is 6.95. The van der Waals surface area contributed by atoms with Crippen molar-refractivity contribution in [1.82, 2.24) is 0 Å². The van der Waals surface area contributed by atoms with Crippen molar-refractivity contribution in [2.75, 3.05) is 23.1 Å². The summed E-state index contributed by atoms with van der Waals surface area (Å²) in [5.74, 6) is 0.329. The highest BCUT2D eigenvalue weighted by Crippen LogP contribution is 2.30. The summed E-state index contributed by atoms with van der Waals surface area (Å²) in [6.07, 6.45) is 1.99. The minimum absolute atomic E-state index is 0.0229. The summed E-state index contributed by atoms with van der Waals surface area (Å²) in [7, 11) is 0. The monoisotopic (exact) mass is 382 g/mol. The molecule has 2 aromatic rings. The molecule has 2 rings (SSSR count). The Morgan fingerprint density at radius 3 is 2.71 bits per heavy atom. The molecule has 0 unspecified atom stereocenters. The zero-order valence-electron chi connectivity index (χ0n) is 11.4. The molecule has 0 aromatic heterocycles. The predicted octanol–water partition coefficient (Wildman–Crippen LogP) is 4.48. The fraction of sp³-hybridized carbons (Fsp3) is 0.133. The molecule has 110 valence electrons. The highest BCUT2D eigenvalue weighted by molar-refractivity contribution is 9.10. The molecule has 3 nitrogen and oxygen atoms in total. The average molecular weight is 383 g/mol. The molecule has 0 aliphatic heterocycles. The maximum absolute atomic E-state index is 12.1. The van der Waals surface area contributed by atoms with Crippen LogP contribution in [0.15, 0.2) is 56.7 Å². The van der Waals surface area contributed by atoms with Gasteiger partial charge in [0.15, 0.2) is 0 Å². The van der Waals surface area contributed by atoms with Crippen LogP contribution in [-0.4, -0.2) is 17.9 Å². The van der Waals surface area contributed by atoms with Crippen molar-refractivity contribution in [1.29, 1.82) is 0 Å². The van der Waals surface area contributed by atoms with Crippen molar-refractivity contribution in [2.24, 2.45) is 0 Å². The van der Waals surface area contributed by atoms with Gasteiger partial charge in [-0.2, -0.15) is 0 Å². The second kappa shape index (κ2) is 7.77. The summed E-state index contributed by atoms with van der Waals surface area (Å²) in [5.41, 5.74) is 7.25. The Labute approximate surface area is 141 Å². The first-order valence-corrected chi connectivity index (χ1v) is 9.21. The quantitative estimate of drug-likeness (QED) is 0.590. The Bertz CT molecular complexity index is 649. The van der Waals surface area contributed by atoms with Crippen molar-refractivity contribution < 1.29 is 4.79 Å². The van der Waals surface area contributed by atoms with Gasteiger partial charge in [-0.25, -0.2) is 0 Å². The van der Waals surface area contributed by atoms with Crippen molar-refractivity contribution >= 4 is 56.7 Å². The lowest BCUT2D eigenvalue weighted by Crippen LogP contribution is -2.14. The van der Waals surface area contributed by atoms with Crippen LogP contribution in [0.1, 0.15) is 0 Å². The Kier molecular flexibility index (Phi) is 6.02. The standard InChI is InChI=1S/C15H15BrN2OS2/c1-20-14-5-3-2-4-12(14)18-15(19)9-21-13-7-6-10(17)8-11(13)16/h2-8H,9,17H2,1H3,(H,18,19). The molecule has 6 heteroatoms. The molecule has 0 radical (unpaired) electrons. The van der Waals surface area contributed by atoms with Gasteiger partial charge >= 0.3 is 0 Å². The van der Waals surface area contributed by atoms with Gasteiger partial charge < -0.3 is 11.1 Å². The molecule has 0 spiro atoms. The van der Waals surface area contributed by atoms with Crippen molar-refractivity contribution in [2.45, 2.75) is 9.79 Å². The minimum Gasteiger partial charge on any atom is -0.399 e. The van der Waals surface area contributed by atoms with E-state index < -0.39 is 0 Å². The van der Waals surface area contributed by atoms with E-state index in [0.29, 0.717) is 11.4 Å². The van der Waals surface area contributed by atoms with Crippen molar-refractivity contribution in [3.05, 3.63) is 46.9 Å². The van der Waals surface area contributed by atoms with Crippen LogP contribution in [0.2, 0.25) is 0 Å². The maximum atomic E-state index is 12.1. The topological polar surface area (TPSA) is 55.1 Å². The van der Waals surface area contributed by atoms with Crippen LogP contribution in [0, 0.1) is 0 Å². The first kappa shape index (κ1) is 16.3. The molecular formula is C15H15BrN2OS2. The molecule has 2 aromatic carbocycles. The smallest absolute Gasteiger partial charge is 0.234 e.